The highest BCUT2D eigenvalue weighted by atomic mass is 16.3. The zero-order valence-corrected chi connectivity index (χ0v) is 6.76. The number of phenolic OH excluding ortho intramolecular Hbond substituents is 1. The number of aromatic hydroxyl groups is 1. The van der Waals surface area contributed by atoms with Crippen LogP contribution >= 0.6 is 0 Å². The molecule has 0 aromatic heterocycles. The molecule has 0 unspecified atom stereocenters. The van der Waals surface area contributed by atoms with E-state index in [1.807, 2.05) is 6.92 Å². The summed E-state index contributed by atoms with van der Waals surface area (Å²) in [6.45, 7) is 1.86. The third kappa shape index (κ3) is 1.34. The van der Waals surface area contributed by atoms with Crippen molar-refractivity contribution in [3.63, 3.8) is 0 Å². The van der Waals surface area contributed by atoms with Gasteiger partial charge in [-0.2, -0.15) is 0 Å². The van der Waals surface area contributed by atoms with E-state index >= 15 is 0 Å². The standard InChI is InChI=1S/C9H10N2O/c1-6-2-7(4-10)9(12)8(3-6)5-11/h2-5,10-12H,1H3. The van der Waals surface area contributed by atoms with Gasteiger partial charge in [0.25, 0.3) is 0 Å². The van der Waals surface area contributed by atoms with Crippen LogP contribution in [0, 0.1) is 17.7 Å². The Morgan fingerprint density at radius 1 is 1.17 bits per heavy atom. The molecule has 62 valence electrons. The predicted molar refractivity (Wildman–Crippen MR) is 48.6 cm³/mol. The first kappa shape index (κ1) is 8.46. The van der Waals surface area contributed by atoms with Crippen molar-refractivity contribution >= 4 is 12.4 Å². The van der Waals surface area contributed by atoms with Crippen molar-refractivity contribution in [2.75, 3.05) is 0 Å². The topological polar surface area (TPSA) is 67.9 Å². The minimum Gasteiger partial charge on any atom is -0.507 e. The van der Waals surface area contributed by atoms with E-state index in [-0.39, 0.29) is 5.75 Å². The second-order valence-electron chi connectivity index (χ2n) is 2.58. The summed E-state index contributed by atoms with van der Waals surface area (Å²) in [5, 5.41) is 23.4. The molecule has 3 nitrogen and oxygen atoms in total. The highest BCUT2D eigenvalue weighted by Crippen LogP contribution is 2.21. The van der Waals surface area contributed by atoms with Crippen LogP contribution in [0.5, 0.6) is 5.75 Å². The molecule has 1 rings (SSSR count). The van der Waals surface area contributed by atoms with Crippen molar-refractivity contribution in [2.45, 2.75) is 6.92 Å². The van der Waals surface area contributed by atoms with E-state index in [9.17, 15) is 5.11 Å². The SMILES string of the molecule is Cc1cc(C=N)c(O)c(C=N)c1. The van der Waals surface area contributed by atoms with Gasteiger partial charge in [0.2, 0.25) is 0 Å². The average Bonchev–Trinajstić information content (AvgIpc) is 2.08. The molecule has 1 aromatic rings. The Hall–Kier alpha value is -1.64. The van der Waals surface area contributed by atoms with Gasteiger partial charge in [-0.15, -0.1) is 0 Å². The molecule has 1 aromatic carbocycles. The van der Waals surface area contributed by atoms with E-state index in [0.717, 1.165) is 18.0 Å². The molecule has 0 heterocycles. The maximum Gasteiger partial charge on any atom is 0.133 e. The lowest BCUT2D eigenvalue weighted by Crippen LogP contribution is -1.89. The van der Waals surface area contributed by atoms with E-state index in [0.29, 0.717) is 11.1 Å². The summed E-state index contributed by atoms with van der Waals surface area (Å²) >= 11 is 0. The van der Waals surface area contributed by atoms with Crippen LogP contribution in [0.1, 0.15) is 16.7 Å². The van der Waals surface area contributed by atoms with Crippen molar-refractivity contribution in [1.29, 1.82) is 10.8 Å². The van der Waals surface area contributed by atoms with Crippen LogP contribution in [-0.2, 0) is 0 Å². The fourth-order valence-electron chi connectivity index (χ4n) is 1.06. The molecule has 0 fully saturated rings. The predicted octanol–water partition coefficient (Wildman–Crippen LogP) is 1.70. The van der Waals surface area contributed by atoms with Gasteiger partial charge in [-0.1, -0.05) is 0 Å². The lowest BCUT2D eigenvalue weighted by atomic mass is 10.1. The first-order valence-electron chi connectivity index (χ1n) is 3.53. The number of phenols is 1. The number of rotatable bonds is 2. The molecule has 12 heavy (non-hydrogen) atoms. The monoisotopic (exact) mass is 162 g/mol. The molecule has 0 bridgehead atoms. The summed E-state index contributed by atoms with van der Waals surface area (Å²) in [4.78, 5) is 0. The Balaban J connectivity index is 3.41. The zero-order valence-electron chi connectivity index (χ0n) is 6.76. The quantitative estimate of drug-likeness (QED) is 0.569. The Morgan fingerprint density at radius 2 is 1.58 bits per heavy atom. The Labute approximate surface area is 70.7 Å². The smallest absolute Gasteiger partial charge is 0.133 e. The fourth-order valence-corrected chi connectivity index (χ4v) is 1.06. The number of benzene rings is 1. The average molecular weight is 162 g/mol. The van der Waals surface area contributed by atoms with Crippen molar-refractivity contribution < 1.29 is 5.11 Å². The molecule has 0 spiro atoms. The van der Waals surface area contributed by atoms with Gasteiger partial charge >= 0.3 is 0 Å². The first-order chi connectivity index (χ1) is 5.69. The van der Waals surface area contributed by atoms with Crippen molar-refractivity contribution in [1.82, 2.24) is 0 Å². The van der Waals surface area contributed by atoms with Gasteiger partial charge in [-0.25, -0.2) is 0 Å². The van der Waals surface area contributed by atoms with Gasteiger partial charge in [0.05, 0.1) is 0 Å². The maximum atomic E-state index is 9.41. The highest BCUT2D eigenvalue weighted by Gasteiger charge is 2.03. The van der Waals surface area contributed by atoms with E-state index in [4.69, 9.17) is 10.8 Å². The van der Waals surface area contributed by atoms with Gasteiger partial charge < -0.3 is 15.9 Å². The van der Waals surface area contributed by atoms with Crippen LogP contribution in [0.15, 0.2) is 12.1 Å². The molecule has 0 radical (unpaired) electrons. The van der Waals surface area contributed by atoms with E-state index in [2.05, 4.69) is 0 Å². The number of hydrogen-bond donors (Lipinski definition) is 3. The minimum absolute atomic E-state index is 0.00519. The van der Waals surface area contributed by atoms with Gasteiger partial charge in [0.1, 0.15) is 5.75 Å². The van der Waals surface area contributed by atoms with Crippen LogP contribution in [0.25, 0.3) is 0 Å². The number of nitrogens with one attached hydrogen (secondary N) is 2. The van der Waals surface area contributed by atoms with E-state index in [1.54, 1.807) is 12.1 Å². The second kappa shape index (κ2) is 3.17. The van der Waals surface area contributed by atoms with Crippen LogP contribution in [0.4, 0.5) is 0 Å². The molecular weight excluding hydrogens is 152 g/mol. The summed E-state index contributed by atoms with van der Waals surface area (Å²) in [7, 11) is 0. The summed E-state index contributed by atoms with van der Waals surface area (Å²) in [5.74, 6) is 0.00519. The van der Waals surface area contributed by atoms with Gasteiger partial charge in [-0.05, 0) is 24.6 Å². The summed E-state index contributed by atoms with van der Waals surface area (Å²) in [6, 6.07) is 3.41. The van der Waals surface area contributed by atoms with Crippen molar-refractivity contribution in [3.8, 4) is 5.75 Å². The van der Waals surface area contributed by atoms with Crippen LogP contribution < -0.4 is 0 Å². The van der Waals surface area contributed by atoms with Crippen molar-refractivity contribution in [3.05, 3.63) is 28.8 Å². The van der Waals surface area contributed by atoms with Crippen LogP contribution in [0.3, 0.4) is 0 Å². The zero-order chi connectivity index (χ0) is 9.14. The molecule has 0 aliphatic heterocycles. The molecule has 0 atom stereocenters. The second-order valence-corrected chi connectivity index (χ2v) is 2.58. The molecule has 3 N–H and O–H groups in total. The lowest BCUT2D eigenvalue weighted by molar-refractivity contribution is 0.473. The van der Waals surface area contributed by atoms with Crippen LogP contribution in [-0.4, -0.2) is 17.5 Å². The fraction of sp³-hybridized carbons (Fsp3) is 0.111. The third-order valence-electron chi connectivity index (χ3n) is 1.62. The highest BCUT2D eigenvalue weighted by molar-refractivity contribution is 5.90. The summed E-state index contributed by atoms with van der Waals surface area (Å²) in [5.41, 5.74) is 1.84. The van der Waals surface area contributed by atoms with Gasteiger partial charge in [-0.3, -0.25) is 0 Å². The summed E-state index contributed by atoms with van der Waals surface area (Å²) < 4.78 is 0. The van der Waals surface area contributed by atoms with Crippen molar-refractivity contribution in [2.24, 2.45) is 0 Å². The molecule has 0 saturated carbocycles. The Bertz CT molecular complexity index is 302. The van der Waals surface area contributed by atoms with Gasteiger partial charge in [0, 0.05) is 23.6 Å². The first-order valence-corrected chi connectivity index (χ1v) is 3.53. The molecule has 0 aliphatic rings. The van der Waals surface area contributed by atoms with E-state index < -0.39 is 0 Å². The Kier molecular flexibility index (Phi) is 2.24. The minimum atomic E-state index is 0.00519. The number of hydrogen-bond acceptors (Lipinski definition) is 3. The molecule has 3 heteroatoms. The van der Waals surface area contributed by atoms with E-state index in [1.165, 1.54) is 0 Å². The lowest BCUT2D eigenvalue weighted by Gasteiger charge is -2.03. The molecule has 0 amide bonds. The normalized spacial score (nSPS) is 9.42. The van der Waals surface area contributed by atoms with Crippen LogP contribution in [0.2, 0.25) is 0 Å². The maximum absolute atomic E-state index is 9.41. The number of aryl methyl sites for hydroxylation is 1. The third-order valence-corrected chi connectivity index (χ3v) is 1.62. The molecule has 0 aliphatic carbocycles. The molecular formula is C9H10N2O. The molecule has 0 saturated heterocycles. The summed E-state index contributed by atoms with van der Waals surface area (Å²) in [6.07, 6.45) is 2.16. The Morgan fingerprint density at radius 3 is 1.92 bits per heavy atom. The van der Waals surface area contributed by atoms with Gasteiger partial charge in [0.15, 0.2) is 0 Å². The largest absolute Gasteiger partial charge is 0.507 e.